The second kappa shape index (κ2) is 4.72. The molecule has 3 aliphatic rings. The van der Waals surface area contributed by atoms with E-state index >= 15 is 0 Å². The molecule has 1 saturated heterocycles. The van der Waals surface area contributed by atoms with Crippen molar-refractivity contribution in [2.45, 2.75) is 32.7 Å². The van der Waals surface area contributed by atoms with Crippen molar-refractivity contribution in [3.05, 3.63) is 12.2 Å². The number of fused-ring (bicyclic) bond motifs is 5. The molecule has 0 radical (unpaired) electrons. The lowest BCUT2D eigenvalue weighted by atomic mass is 9.85. The van der Waals surface area contributed by atoms with Gasteiger partial charge in [0, 0.05) is 6.04 Å². The van der Waals surface area contributed by atoms with Crippen molar-refractivity contribution < 1.29 is 14.4 Å². The summed E-state index contributed by atoms with van der Waals surface area (Å²) in [7, 11) is 0. The lowest BCUT2D eigenvalue weighted by Crippen LogP contribution is -2.44. The average Bonchev–Trinajstić information content (AvgIpc) is 3.08. The molecule has 5 nitrogen and oxygen atoms in total. The van der Waals surface area contributed by atoms with E-state index in [-0.39, 0.29) is 54.0 Å². The molecule has 3 rings (SSSR count). The highest BCUT2D eigenvalue weighted by molar-refractivity contribution is 6.08. The first-order chi connectivity index (χ1) is 9.52. The van der Waals surface area contributed by atoms with Crippen LogP contribution < -0.4 is 5.32 Å². The van der Waals surface area contributed by atoms with E-state index < -0.39 is 0 Å². The van der Waals surface area contributed by atoms with Crippen LogP contribution in [0.15, 0.2) is 12.2 Å². The first kappa shape index (κ1) is 13.3. The van der Waals surface area contributed by atoms with Crippen molar-refractivity contribution in [3.63, 3.8) is 0 Å². The number of nitrogens with zero attached hydrogens (tertiary/aromatic N) is 1. The molecule has 20 heavy (non-hydrogen) atoms. The van der Waals surface area contributed by atoms with E-state index in [1.807, 2.05) is 13.8 Å². The molecule has 108 valence electrons. The zero-order valence-corrected chi connectivity index (χ0v) is 11.8. The predicted octanol–water partition coefficient (Wildman–Crippen LogP) is 0.708. The fourth-order valence-electron chi connectivity index (χ4n) is 3.69. The van der Waals surface area contributed by atoms with Crippen LogP contribution >= 0.6 is 0 Å². The third kappa shape index (κ3) is 1.87. The van der Waals surface area contributed by atoms with Crippen LogP contribution in [0.2, 0.25) is 0 Å². The summed E-state index contributed by atoms with van der Waals surface area (Å²) in [5, 5.41) is 2.80. The number of carbonyl (C=O) groups is 3. The van der Waals surface area contributed by atoms with Gasteiger partial charge >= 0.3 is 0 Å². The van der Waals surface area contributed by atoms with E-state index in [9.17, 15) is 14.4 Å². The van der Waals surface area contributed by atoms with Gasteiger partial charge in [-0.25, -0.2) is 0 Å². The fourth-order valence-corrected chi connectivity index (χ4v) is 3.69. The zero-order chi connectivity index (χ0) is 14.4. The standard InChI is InChI=1S/C15H20N2O3/c1-3-8(2)16-11(18)7-17-14(19)12-9-4-5-10(6-9)13(12)15(17)20/h4-5,8-10,12-13H,3,6-7H2,1-2H3,(H,16,18)/t8-,9+,10+,12+,13+/m1/s1. The largest absolute Gasteiger partial charge is 0.352 e. The smallest absolute Gasteiger partial charge is 0.240 e. The van der Waals surface area contributed by atoms with Gasteiger partial charge < -0.3 is 5.32 Å². The van der Waals surface area contributed by atoms with Crippen LogP contribution in [-0.4, -0.2) is 35.2 Å². The Bertz CT molecular complexity index is 469. The number of allylic oxidation sites excluding steroid dienone is 2. The summed E-state index contributed by atoms with van der Waals surface area (Å²) < 4.78 is 0. The molecule has 1 N–H and O–H groups in total. The molecule has 3 amide bonds. The van der Waals surface area contributed by atoms with Gasteiger partial charge in [-0.3, -0.25) is 19.3 Å². The number of rotatable bonds is 4. The average molecular weight is 276 g/mol. The molecule has 0 spiro atoms. The van der Waals surface area contributed by atoms with Gasteiger partial charge in [0.2, 0.25) is 17.7 Å². The first-order valence-corrected chi connectivity index (χ1v) is 7.35. The number of amides is 3. The molecular formula is C15H20N2O3. The summed E-state index contributed by atoms with van der Waals surface area (Å²) in [6.07, 6.45) is 5.85. The van der Waals surface area contributed by atoms with Crippen molar-refractivity contribution in [2.24, 2.45) is 23.7 Å². The molecule has 0 aromatic carbocycles. The lowest BCUT2D eigenvalue weighted by molar-refractivity contribution is -0.144. The summed E-state index contributed by atoms with van der Waals surface area (Å²) in [5.41, 5.74) is 0. The molecule has 2 aliphatic carbocycles. The predicted molar refractivity (Wildman–Crippen MR) is 72.3 cm³/mol. The van der Waals surface area contributed by atoms with Gasteiger partial charge in [-0.15, -0.1) is 0 Å². The van der Waals surface area contributed by atoms with Crippen LogP contribution in [0.1, 0.15) is 26.7 Å². The maximum absolute atomic E-state index is 12.4. The normalized spacial score (nSPS) is 35.6. The Balaban J connectivity index is 1.69. The molecule has 5 atom stereocenters. The third-order valence-corrected chi connectivity index (χ3v) is 4.88. The fraction of sp³-hybridized carbons (Fsp3) is 0.667. The Morgan fingerprint density at radius 1 is 1.30 bits per heavy atom. The highest BCUT2D eigenvalue weighted by Crippen LogP contribution is 2.52. The topological polar surface area (TPSA) is 66.5 Å². The summed E-state index contributed by atoms with van der Waals surface area (Å²) >= 11 is 0. The highest BCUT2D eigenvalue weighted by Gasteiger charge is 2.59. The highest BCUT2D eigenvalue weighted by atomic mass is 16.2. The van der Waals surface area contributed by atoms with Crippen molar-refractivity contribution in [2.75, 3.05) is 6.54 Å². The van der Waals surface area contributed by atoms with Crippen molar-refractivity contribution in [1.29, 1.82) is 0 Å². The molecule has 5 heteroatoms. The Kier molecular flexibility index (Phi) is 3.15. The Morgan fingerprint density at radius 2 is 1.85 bits per heavy atom. The van der Waals surface area contributed by atoms with Gasteiger partial charge in [0.25, 0.3) is 0 Å². The zero-order valence-electron chi connectivity index (χ0n) is 11.8. The molecule has 0 aromatic heterocycles. The molecule has 0 aromatic rings. The summed E-state index contributed by atoms with van der Waals surface area (Å²) in [6, 6.07) is 0.0626. The van der Waals surface area contributed by atoms with Crippen LogP contribution in [0.5, 0.6) is 0 Å². The molecule has 1 heterocycles. The maximum atomic E-state index is 12.4. The monoisotopic (exact) mass is 276 g/mol. The van der Waals surface area contributed by atoms with Gasteiger partial charge in [0.1, 0.15) is 6.54 Å². The van der Waals surface area contributed by atoms with Crippen LogP contribution in [0, 0.1) is 23.7 Å². The van der Waals surface area contributed by atoms with Gasteiger partial charge in [-0.1, -0.05) is 19.1 Å². The van der Waals surface area contributed by atoms with E-state index in [1.54, 1.807) is 0 Å². The number of hydrogen-bond acceptors (Lipinski definition) is 3. The van der Waals surface area contributed by atoms with Gasteiger partial charge in [0.05, 0.1) is 11.8 Å². The molecule has 0 unspecified atom stereocenters. The molecular weight excluding hydrogens is 256 g/mol. The van der Waals surface area contributed by atoms with Crippen molar-refractivity contribution in [3.8, 4) is 0 Å². The minimum absolute atomic E-state index is 0.0626. The lowest BCUT2D eigenvalue weighted by Gasteiger charge is -2.18. The molecule has 2 bridgehead atoms. The summed E-state index contributed by atoms with van der Waals surface area (Å²) in [6.45, 7) is 3.75. The molecule has 2 fully saturated rings. The second-order valence-corrected chi connectivity index (χ2v) is 6.14. The van der Waals surface area contributed by atoms with Crippen molar-refractivity contribution in [1.82, 2.24) is 10.2 Å². The minimum Gasteiger partial charge on any atom is -0.352 e. The number of imide groups is 1. The third-order valence-electron chi connectivity index (χ3n) is 4.88. The number of hydrogen-bond donors (Lipinski definition) is 1. The van der Waals surface area contributed by atoms with E-state index in [0.717, 1.165) is 12.8 Å². The number of likely N-dealkylation sites (tertiary alicyclic amines) is 1. The number of carbonyl (C=O) groups excluding carboxylic acids is 3. The Hall–Kier alpha value is -1.65. The van der Waals surface area contributed by atoms with Crippen molar-refractivity contribution >= 4 is 17.7 Å². The number of nitrogens with one attached hydrogen (secondary N) is 1. The quantitative estimate of drug-likeness (QED) is 0.607. The van der Waals surface area contributed by atoms with E-state index in [2.05, 4.69) is 17.5 Å². The van der Waals surface area contributed by atoms with E-state index in [1.165, 1.54) is 4.90 Å². The summed E-state index contributed by atoms with van der Waals surface area (Å²) in [5.74, 6) is -0.593. The second-order valence-electron chi connectivity index (χ2n) is 6.14. The van der Waals surface area contributed by atoms with Crippen LogP contribution in [-0.2, 0) is 14.4 Å². The molecule has 1 aliphatic heterocycles. The minimum atomic E-state index is -0.249. The van der Waals surface area contributed by atoms with E-state index in [4.69, 9.17) is 0 Å². The van der Waals surface area contributed by atoms with Gasteiger partial charge in [0.15, 0.2) is 0 Å². The van der Waals surface area contributed by atoms with Crippen LogP contribution in [0.4, 0.5) is 0 Å². The summed E-state index contributed by atoms with van der Waals surface area (Å²) in [4.78, 5) is 37.8. The van der Waals surface area contributed by atoms with Gasteiger partial charge in [-0.2, -0.15) is 0 Å². The molecule has 1 saturated carbocycles. The Labute approximate surface area is 118 Å². The SMILES string of the molecule is CC[C@@H](C)NC(=O)CN1C(=O)[C@@H]2[C@@H](C1=O)[C@H]1C=C[C@H]2C1. The van der Waals surface area contributed by atoms with Gasteiger partial charge in [-0.05, 0) is 31.6 Å². The maximum Gasteiger partial charge on any atom is 0.240 e. The first-order valence-electron chi connectivity index (χ1n) is 7.35. The van der Waals surface area contributed by atoms with Crippen LogP contribution in [0.25, 0.3) is 0 Å². The van der Waals surface area contributed by atoms with Crippen LogP contribution in [0.3, 0.4) is 0 Å². The van der Waals surface area contributed by atoms with E-state index in [0.29, 0.717) is 0 Å². The Morgan fingerprint density at radius 3 is 2.35 bits per heavy atom.